The van der Waals surface area contributed by atoms with E-state index in [-0.39, 0.29) is 17.9 Å². The fourth-order valence-electron chi connectivity index (χ4n) is 4.68. The SMILES string of the molecule is CC(=O)O.COc1ccc2c(Oc3ccc(NC(=O)c4c(C)n(CC(C)OC(=O)C(C)N)n(-c5ccccc5)c4=O)nc3)ccnc2c1. The number of hydrogen-bond acceptors (Lipinski definition) is 10. The van der Waals surface area contributed by atoms with Gasteiger partial charge in [-0.1, -0.05) is 18.2 Å². The number of nitrogens with zero attached hydrogens (tertiary/aromatic N) is 4. The summed E-state index contributed by atoms with van der Waals surface area (Å²) in [6, 6.07) is 18.6. The van der Waals surface area contributed by atoms with Crippen molar-refractivity contribution in [1.82, 2.24) is 19.3 Å². The second-order valence-electron chi connectivity index (χ2n) is 10.7. The van der Waals surface area contributed by atoms with Crippen LogP contribution in [-0.2, 0) is 20.9 Å². The molecule has 0 spiro atoms. The Morgan fingerprint density at radius 3 is 2.31 bits per heavy atom. The molecule has 2 aromatic carbocycles. The quantitative estimate of drug-likeness (QED) is 0.182. The van der Waals surface area contributed by atoms with E-state index in [0.29, 0.717) is 34.1 Å². The molecule has 5 aromatic rings. The van der Waals surface area contributed by atoms with Crippen LogP contribution in [0.2, 0.25) is 0 Å². The first-order chi connectivity index (χ1) is 22.9. The summed E-state index contributed by atoms with van der Waals surface area (Å²) in [5.74, 6) is -0.102. The Kier molecular flexibility index (Phi) is 11.3. The lowest BCUT2D eigenvalue weighted by Crippen LogP contribution is -2.34. The number of methoxy groups -OCH3 is 1. The molecular weight excluding hydrogens is 620 g/mol. The number of para-hydroxylation sites is 1. The maximum atomic E-state index is 13.7. The molecule has 0 saturated heterocycles. The van der Waals surface area contributed by atoms with E-state index in [2.05, 4.69) is 15.3 Å². The minimum absolute atomic E-state index is 0.0691. The lowest BCUT2D eigenvalue weighted by molar-refractivity contribution is -0.150. The molecule has 48 heavy (non-hydrogen) atoms. The average Bonchev–Trinajstić information content (AvgIpc) is 3.29. The Balaban J connectivity index is 0.00000123. The number of carbonyl (C=O) groups excluding carboxylic acids is 2. The third-order valence-electron chi connectivity index (χ3n) is 6.86. The van der Waals surface area contributed by atoms with Crippen LogP contribution in [0.15, 0.2) is 83.9 Å². The summed E-state index contributed by atoms with van der Waals surface area (Å²) in [5.41, 5.74) is 6.69. The van der Waals surface area contributed by atoms with Crippen molar-refractivity contribution in [2.75, 3.05) is 12.4 Å². The van der Waals surface area contributed by atoms with Gasteiger partial charge in [-0.3, -0.25) is 28.8 Å². The number of amides is 1. The van der Waals surface area contributed by atoms with Gasteiger partial charge in [0.1, 0.15) is 40.8 Å². The fraction of sp³-hybridized carbons (Fsp3) is 0.235. The molecule has 250 valence electrons. The van der Waals surface area contributed by atoms with E-state index >= 15 is 0 Å². The normalized spacial score (nSPS) is 11.9. The average molecular weight is 657 g/mol. The van der Waals surface area contributed by atoms with Gasteiger partial charge in [0, 0.05) is 24.6 Å². The van der Waals surface area contributed by atoms with Gasteiger partial charge < -0.3 is 30.4 Å². The minimum atomic E-state index is -0.833. The highest BCUT2D eigenvalue weighted by Crippen LogP contribution is 2.30. The van der Waals surface area contributed by atoms with E-state index in [0.717, 1.165) is 12.3 Å². The molecule has 0 fully saturated rings. The summed E-state index contributed by atoms with van der Waals surface area (Å²) in [6.07, 6.45) is 2.48. The Morgan fingerprint density at radius 2 is 1.69 bits per heavy atom. The second kappa shape index (κ2) is 15.5. The van der Waals surface area contributed by atoms with Crippen molar-refractivity contribution in [3.8, 4) is 22.9 Å². The molecule has 14 nitrogen and oxygen atoms in total. The van der Waals surface area contributed by atoms with Crippen molar-refractivity contribution in [3.63, 3.8) is 0 Å². The van der Waals surface area contributed by atoms with E-state index < -0.39 is 35.6 Å². The zero-order valence-electron chi connectivity index (χ0n) is 27.0. The van der Waals surface area contributed by atoms with Crippen molar-refractivity contribution >= 4 is 34.6 Å². The third-order valence-corrected chi connectivity index (χ3v) is 6.86. The highest BCUT2D eigenvalue weighted by atomic mass is 16.5. The number of rotatable bonds is 10. The molecular formula is C34H36N6O8. The van der Waals surface area contributed by atoms with Crippen LogP contribution in [0.5, 0.6) is 17.2 Å². The number of esters is 1. The number of nitrogens with one attached hydrogen (secondary N) is 1. The first-order valence-corrected chi connectivity index (χ1v) is 14.8. The summed E-state index contributed by atoms with van der Waals surface area (Å²) >= 11 is 0. The highest BCUT2D eigenvalue weighted by Gasteiger charge is 2.26. The molecule has 0 aliphatic heterocycles. The molecule has 1 amide bonds. The number of fused-ring (bicyclic) bond motifs is 1. The van der Waals surface area contributed by atoms with E-state index in [4.69, 9.17) is 29.8 Å². The molecule has 4 N–H and O–H groups in total. The van der Waals surface area contributed by atoms with Gasteiger partial charge in [-0.15, -0.1) is 0 Å². The molecule has 0 bridgehead atoms. The monoisotopic (exact) mass is 656 g/mol. The molecule has 0 aliphatic rings. The number of carboxylic acids is 1. The molecule has 2 atom stereocenters. The number of hydrogen-bond donors (Lipinski definition) is 3. The van der Waals surface area contributed by atoms with Crippen LogP contribution in [0.4, 0.5) is 5.82 Å². The van der Waals surface area contributed by atoms with Crippen LogP contribution in [0, 0.1) is 6.92 Å². The van der Waals surface area contributed by atoms with Gasteiger partial charge in [-0.05, 0) is 63.2 Å². The van der Waals surface area contributed by atoms with Crippen molar-refractivity contribution in [3.05, 3.63) is 101 Å². The summed E-state index contributed by atoms with van der Waals surface area (Å²) in [7, 11) is 1.59. The third kappa shape index (κ3) is 8.41. The largest absolute Gasteiger partial charge is 0.497 e. The molecule has 2 unspecified atom stereocenters. The molecule has 3 heterocycles. The topological polar surface area (TPSA) is 190 Å². The van der Waals surface area contributed by atoms with Gasteiger partial charge in [-0.25, -0.2) is 9.67 Å². The van der Waals surface area contributed by atoms with E-state index in [1.807, 2.05) is 24.3 Å². The zero-order valence-corrected chi connectivity index (χ0v) is 27.0. The van der Waals surface area contributed by atoms with Gasteiger partial charge in [-0.2, -0.15) is 0 Å². The Hall–Kier alpha value is -6.02. The van der Waals surface area contributed by atoms with E-state index in [1.165, 1.54) is 17.8 Å². The van der Waals surface area contributed by atoms with Gasteiger partial charge in [0.15, 0.2) is 0 Å². The van der Waals surface area contributed by atoms with Crippen LogP contribution in [0.25, 0.3) is 16.6 Å². The number of pyridine rings is 2. The van der Waals surface area contributed by atoms with Crippen LogP contribution < -0.4 is 26.1 Å². The maximum Gasteiger partial charge on any atom is 0.322 e. The number of carbonyl (C=O) groups is 3. The first-order valence-electron chi connectivity index (χ1n) is 14.8. The summed E-state index contributed by atoms with van der Waals surface area (Å²) < 4.78 is 19.7. The minimum Gasteiger partial charge on any atom is -0.497 e. The zero-order chi connectivity index (χ0) is 35.0. The Labute approximate surface area is 275 Å². The van der Waals surface area contributed by atoms with Crippen LogP contribution in [0.1, 0.15) is 36.8 Å². The molecule has 14 heteroatoms. The number of aliphatic carboxylic acids is 1. The van der Waals surface area contributed by atoms with Crippen molar-refractivity contribution in [1.29, 1.82) is 0 Å². The number of benzene rings is 2. The number of nitrogens with two attached hydrogens (primary N) is 1. The Morgan fingerprint density at radius 1 is 1.00 bits per heavy atom. The molecule has 0 radical (unpaired) electrons. The number of carboxylic acid groups (broad SMARTS) is 1. The highest BCUT2D eigenvalue weighted by molar-refractivity contribution is 6.04. The predicted molar refractivity (Wildman–Crippen MR) is 178 cm³/mol. The van der Waals surface area contributed by atoms with Crippen LogP contribution >= 0.6 is 0 Å². The van der Waals surface area contributed by atoms with Gasteiger partial charge >= 0.3 is 5.97 Å². The molecule has 5 rings (SSSR count). The maximum absolute atomic E-state index is 13.7. The van der Waals surface area contributed by atoms with Crippen molar-refractivity contribution in [2.24, 2.45) is 5.73 Å². The van der Waals surface area contributed by atoms with E-state index in [1.54, 1.807) is 74.3 Å². The second-order valence-corrected chi connectivity index (χ2v) is 10.7. The number of aromatic nitrogens is 4. The van der Waals surface area contributed by atoms with Gasteiger partial charge in [0.2, 0.25) is 0 Å². The molecule has 0 aliphatic carbocycles. The standard InChI is InChI=1S/C32H32N6O6.C2H4O2/c1-19(43-32(41)20(2)33)18-37-21(3)29(31(40)38(37)22-8-6-5-7-9-22)30(39)36-28-13-11-24(17-35-28)44-27-14-15-34-26-16-23(42-4)10-12-25(26)27;1-2(3)4/h5-17,19-20H,18,33H2,1-4H3,(H,35,36,39);1H3,(H,3,4). The molecule has 0 saturated carbocycles. The van der Waals surface area contributed by atoms with Crippen LogP contribution in [0.3, 0.4) is 0 Å². The van der Waals surface area contributed by atoms with Gasteiger partial charge in [0.05, 0.1) is 36.7 Å². The predicted octanol–water partition coefficient (Wildman–Crippen LogP) is 4.31. The van der Waals surface area contributed by atoms with Gasteiger partial charge in [0.25, 0.3) is 17.4 Å². The number of anilines is 1. The summed E-state index contributed by atoms with van der Waals surface area (Å²) in [5, 5.41) is 10.9. The summed E-state index contributed by atoms with van der Waals surface area (Å²) in [4.78, 5) is 56.9. The summed E-state index contributed by atoms with van der Waals surface area (Å²) in [6.45, 7) is 6.08. The smallest absolute Gasteiger partial charge is 0.322 e. The van der Waals surface area contributed by atoms with Crippen LogP contribution in [-0.4, -0.2) is 61.5 Å². The lowest BCUT2D eigenvalue weighted by Gasteiger charge is -2.19. The Bertz CT molecular complexity index is 1970. The van der Waals surface area contributed by atoms with E-state index in [9.17, 15) is 14.4 Å². The molecule has 3 aromatic heterocycles. The van der Waals surface area contributed by atoms with Crippen molar-refractivity contribution in [2.45, 2.75) is 46.4 Å². The fourth-order valence-corrected chi connectivity index (χ4v) is 4.68. The number of ether oxygens (including phenoxy) is 3. The van der Waals surface area contributed by atoms with Crippen molar-refractivity contribution < 1.29 is 33.7 Å². The first kappa shape index (κ1) is 34.8. The lowest BCUT2D eigenvalue weighted by atomic mass is 10.2.